The zero-order valence-corrected chi connectivity index (χ0v) is 32.5. The molecular formula is C45H40F2N8O5. The average molecular weight is 811 g/mol. The first-order valence-electron chi connectivity index (χ1n) is 19.7. The van der Waals surface area contributed by atoms with E-state index >= 15 is 8.78 Å². The molecule has 3 unspecified atom stereocenters. The number of aromatic nitrogens is 4. The van der Waals surface area contributed by atoms with Gasteiger partial charge in [0.2, 0.25) is 17.6 Å². The number of hydrogen-bond donors (Lipinski definition) is 3. The number of alkyl halides is 2. The predicted molar refractivity (Wildman–Crippen MR) is 215 cm³/mol. The summed E-state index contributed by atoms with van der Waals surface area (Å²) in [5, 5.41) is 17.4. The number of nitrogens with zero attached hydrogens (tertiary/aromatic N) is 5. The molecule has 4 atom stereocenters. The summed E-state index contributed by atoms with van der Waals surface area (Å²) in [4.78, 5) is 61.5. The van der Waals surface area contributed by atoms with Gasteiger partial charge in [-0.05, 0) is 47.6 Å². The number of amides is 4. The highest BCUT2D eigenvalue weighted by atomic mass is 19.3. The zero-order valence-electron chi connectivity index (χ0n) is 32.5. The van der Waals surface area contributed by atoms with Gasteiger partial charge in [0.05, 0.1) is 5.69 Å². The number of likely N-dealkylation sites (N-methyl/N-ethyl adjacent to an activating group) is 1. The lowest BCUT2D eigenvalue weighted by molar-refractivity contribution is -0.123. The van der Waals surface area contributed by atoms with Gasteiger partial charge in [-0.2, -0.15) is 0 Å². The monoisotopic (exact) mass is 810 g/mol. The quantitative estimate of drug-likeness (QED) is 0.158. The predicted octanol–water partition coefficient (Wildman–Crippen LogP) is 5.72. The number of para-hydroxylation sites is 2. The van der Waals surface area contributed by atoms with Gasteiger partial charge in [0.1, 0.15) is 23.7 Å². The van der Waals surface area contributed by atoms with Crippen molar-refractivity contribution in [1.29, 1.82) is 0 Å². The molecule has 15 heteroatoms. The van der Waals surface area contributed by atoms with Gasteiger partial charge in [0, 0.05) is 55.6 Å². The van der Waals surface area contributed by atoms with E-state index in [1.54, 1.807) is 19.2 Å². The van der Waals surface area contributed by atoms with Crippen molar-refractivity contribution in [2.45, 2.75) is 55.5 Å². The van der Waals surface area contributed by atoms with E-state index in [0.717, 1.165) is 16.7 Å². The molecule has 9 rings (SSSR count). The van der Waals surface area contributed by atoms with Crippen molar-refractivity contribution in [3.63, 3.8) is 0 Å². The summed E-state index contributed by atoms with van der Waals surface area (Å²) < 4.78 is 37.8. The van der Waals surface area contributed by atoms with Crippen LogP contribution in [-0.4, -0.2) is 69.6 Å². The average Bonchev–Trinajstić information content (AvgIpc) is 3.52. The highest BCUT2D eigenvalue weighted by Crippen LogP contribution is 2.61. The normalized spacial score (nSPS) is 21.8. The second kappa shape index (κ2) is 15.3. The van der Waals surface area contributed by atoms with Crippen LogP contribution in [-0.2, 0) is 33.8 Å². The molecule has 60 heavy (non-hydrogen) atoms. The van der Waals surface area contributed by atoms with Gasteiger partial charge < -0.3 is 29.9 Å². The Hall–Kier alpha value is -7.03. The lowest BCUT2D eigenvalue weighted by Gasteiger charge is -2.28. The Balaban J connectivity index is 0.976. The minimum absolute atomic E-state index is 0.000859. The Morgan fingerprint density at radius 3 is 2.10 bits per heavy atom. The second-order valence-corrected chi connectivity index (χ2v) is 15.7. The standard InChI is InChI=1S/C45H40F2N8O5/c1-54-36-18-10-8-16-31(36)44(24-34(42(54)58)48-40(56)33-22-30(60-53-33)20-27-12-4-2-5-13-27)23-29(44)26-55-37-19-11-9-17-32(37)45(46,47)25-35(43(55)59)49-41(57)39-50-38(51-52-39)21-28-14-6-3-7-15-28/h2-19,22,29,34-35H,20-21,23-26H2,1H3,(H,48,56)(H,49,57)(H,50,51,52)/t29?,34-,35?,44?/m0/s1. The van der Waals surface area contributed by atoms with Crippen molar-refractivity contribution in [1.82, 2.24) is 31.0 Å². The largest absolute Gasteiger partial charge is 0.360 e. The van der Waals surface area contributed by atoms with Crippen LogP contribution in [0, 0.1) is 5.92 Å². The molecule has 2 aliphatic heterocycles. The van der Waals surface area contributed by atoms with E-state index in [9.17, 15) is 19.2 Å². The Bertz CT molecular complexity index is 2600. The summed E-state index contributed by atoms with van der Waals surface area (Å²) in [6.45, 7) is 0.000859. The molecular weight excluding hydrogens is 771 g/mol. The third-order valence-electron chi connectivity index (χ3n) is 11.8. The third-order valence-corrected chi connectivity index (χ3v) is 11.8. The summed E-state index contributed by atoms with van der Waals surface area (Å²) in [6.07, 6.45) is 0.478. The second-order valence-electron chi connectivity index (χ2n) is 15.7. The van der Waals surface area contributed by atoms with Crippen LogP contribution in [0.5, 0.6) is 0 Å². The first-order valence-corrected chi connectivity index (χ1v) is 19.7. The molecule has 2 aromatic heterocycles. The molecule has 3 N–H and O–H groups in total. The van der Waals surface area contributed by atoms with Crippen molar-refractivity contribution < 1.29 is 32.5 Å². The molecule has 4 heterocycles. The number of halogens is 2. The molecule has 0 radical (unpaired) electrons. The van der Waals surface area contributed by atoms with Crippen molar-refractivity contribution in [2.75, 3.05) is 23.4 Å². The van der Waals surface area contributed by atoms with Crippen LogP contribution < -0.4 is 20.4 Å². The van der Waals surface area contributed by atoms with Crippen LogP contribution >= 0.6 is 0 Å². The molecule has 0 bridgehead atoms. The van der Waals surface area contributed by atoms with Crippen LogP contribution in [0.15, 0.2) is 120 Å². The first kappa shape index (κ1) is 38.5. The van der Waals surface area contributed by atoms with E-state index in [1.165, 1.54) is 28.0 Å². The van der Waals surface area contributed by atoms with E-state index in [-0.39, 0.29) is 47.6 Å². The Morgan fingerprint density at radius 1 is 0.750 bits per heavy atom. The fourth-order valence-corrected chi connectivity index (χ4v) is 8.74. The third kappa shape index (κ3) is 7.31. The number of anilines is 2. The minimum Gasteiger partial charge on any atom is -0.360 e. The van der Waals surface area contributed by atoms with E-state index in [1.807, 2.05) is 84.9 Å². The molecule has 1 fully saturated rings. The van der Waals surface area contributed by atoms with Crippen LogP contribution in [0.4, 0.5) is 20.2 Å². The molecule has 0 saturated heterocycles. The smallest absolute Gasteiger partial charge is 0.289 e. The number of hydrogen-bond acceptors (Lipinski definition) is 8. The SMILES string of the molecule is CN1C(=O)[C@@H](NC(=O)c2cc(Cc3ccccc3)on2)CC2(CC2CN2C(=O)C(NC(=O)c3nnc(Cc4ccccc4)[nH]3)CC(F)(F)c3ccccc32)c2ccccc21. The molecule has 1 spiro atoms. The van der Waals surface area contributed by atoms with E-state index < -0.39 is 47.6 Å². The molecule has 304 valence electrons. The maximum atomic E-state index is 16.2. The molecule has 13 nitrogen and oxygen atoms in total. The van der Waals surface area contributed by atoms with Gasteiger partial charge in [-0.15, -0.1) is 10.2 Å². The number of rotatable bonds is 10. The summed E-state index contributed by atoms with van der Waals surface area (Å²) in [5.74, 6) is -5.62. The number of nitrogens with one attached hydrogen (secondary N) is 3. The summed E-state index contributed by atoms with van der Waals surface area (Å²) in [5.41, 5.74) is 2.39. The number of fused-ring (bicyclic) bond motifs is 3. The first-order chi connectivity index (χ1) is 29.0. The Morgan fingerprint density at radius 2 is 1.37 bits per heavy atom. The van der Waals surface area contributed by atoms with E-state index in [4.69, 9.17) is 4.52 Å². The molecule has 1 aliphatic carbocycles. The van der Waals surface area contributed by atoms with Gasteiger partial charge in [0.15, 0.2) is 5.69 Å². The fraction of sp³-hybridized carbons (Fsp3) is 0.267. The number of carbonyl (C=O) groups is 4. The maximum absolute atomic E-state index is 16.2. The molecule has 4 amide bonds. The molecule has 1 saturated carbocycles. The number of carbonyl (C=O) groups excluding carboxylic acids is 4. The van der Waals surface area contributed by atoms with Crippen LogP contribution in [0.25, 0.3) is 0 Å². The Kier molecular flexibility index (Phi) is 9.81. The summed E-state index contributed by atoms with van der Waals surface area (Å²) >= 11 is 0. The van der Waals surface area contributed by atoms with Gasteiger partial charge in [0.25, 0.3) is 17.7 Å². The Labute approximate surface area is 343 Å². The number of aromatic amines is 1. The number of H-pyrrole nitrogens is 1. The minimum atomic E-state index is -3.48. The zero-order chi connectivity index (χ0) is 41.6. The lowest BCUT2D eigenvalue weighted by Crippen LogP contribution is -2.50. The van der Waals surface area contributed by atoms with Gasteiger partial charge >= 0.3 is 0 Å². The summed E-state index contributed by atoms with van der Waals surface area (Å²) in [6, 6.07) is 31.2. The van der Waals surface area contributed by atoms with Gasteiger partial charge in [-0.1, -0.05) is 102 Å². The van der Waals surface area contributed by atoms with Crippen LogP contribution in [0.2, 0.25) is 0 Å². The molecule has 3 aliphatic rings. The fourth-order valence-electron chi connectivity index (χ4n) is 8.74. The highest BCUT2D eigenvalue weighted by molar-refractivity contribution is 6.04. The molecule has 6 aromatic rings. The lowest BCUT2D eigenvalue weighted by atomic mass is 9.86. The van der Waals surface area contributed by atoms with Crippen molar-refractivity contribution in [3.05, 3.63) is 161 Å². The van der Waals surface area contributed by atoms with E-state index in [0.29, 0.717) is 36.5 Å². The van der Waals surface area contributed by atoms with Gasteiger partial charge in [-0.25, -0.2) is 8.78 Å². The maximum Gasteiger partial charge on any atom is 0.289 e. The van der Waals surface area contributed by atoms with E-state index in [2.05, 4.69) is 31.0 Å². The van der Waals surface area contributed by atoms with Gasteiger partial charge in [-0.3, -0.25) is 19.2 Å². The number of benzene rings is 4. The topological polar surface area (TPSA) is 166 Å². The van der Waals surface area contributed by atoms with Crippen molar-refractivity contribution >= 4 is 35.0 Å². The summed E-state index contributed by atoms with van der Waals surface area (Å²) in [7, 11) is 1.65. The molecule has 4 aromatic carbocycles. The van der Waals surface area contributed by atoms with Crippen LogP contribution in [0.1, 0.15) is 74.2 Å². The van der Waals surface area contributed by atoms with Crippen molar-refractivity contribution in [3.8, 4) is 0 Å². The highest BCUT2D eigenvalue weighted by Gasteiger charge is 2.61. The van der Waals surface area contributed by atoms with Crippen LogP contribution in [0.3, 0.4) is 0 Å². The van der Waals surface area contributed by atoms with Crippen molar-refractivity contribution in [2.24, 2.45) is 5.92 Å².